The summed E-state index contributed by atoms with van der Waals surface area (Å²) < 4.78 is -0.817. The van der Waals surface area contributed by atoms with Crippen LogP contribution in [-0.4, -0.2) is 64.4 Å². The smallest absolute Gasteiger partial charge is 0.226 e. The number of hydroxylamine groups is 6. The summed E-state index contributed by atoms with van der Waals surface area (Å²) in [6.07, 6.45) is 0. The van der Waals surface area contributed by atoms with Crippen molar-refractivity contribution in [1.82, 2.24) is 5.06 Å². The van der Waals surface area contributed by atoms with Crippen LogP contribution in [0.3, 0.4) is 0 Å². The van der Waals surface area contributed by atoms with Crippen molar-refractivity contribution < 1.29 is 24.8 Å². The number of carbonyl (C=O) groups excluding carboxylic acids is 1. The molecule has 2 aliphatic heterocycles. The Morgan fingerprint density at radius 1 is 1.06 bits per heavy atom. The van der Waals surface area contributed by atoms with Crippen LogP contribution in [0.2, 0.25) is 0 Å². The number of primary amides is 1. The standard InChI is InChI=1S/C22H27N3O4S2/c23-21(26)20(18-7-3-1-4-8-18)22(19-9-5-2-6-10-19)17-25(27,13-16-31-22)29-28-24-11-14-30-15-12-24/h1-10,20,27H,11-17H2,(H-,23,26)/p+1. The van der Waals surface area contributed by atoms with Gasteiger partial charge in [0.15, 0.2) is 13.1 Å². The predicted octanol–water partition coefficient (Wildman–Crippen LogP) is 2.93. The number of hydrogen-bond acceptors (Lipinski definition) is 7. The third-order valence-electron chi connectivity index (χ3n) is 5.68. The summed E-state index contributed by atoms with van der Waals surface area (Å²) in [4.78, 5) is 23.2. The lowest BCUT2D eigenvalue weighted by atomic mass is 9.79. The lowest BCUT2D eigenvalue weighted by molar-refractivity contribution is -1.28. The van der Waals surface area contributed by atoms with E-state index >= 15 is 0 Å². The molecule has 2 aliphatic rings. The second-order valence-electron chi connectivity index (χ2n) is 7.77. The van der Waals surface area contributed by atoms with Gasteiger partial charge in [-0.15, -0.1) is 16.8 Å². The van der Waals surface area contributed by atoms with Crippen molar-refractivity contribution in [3.8, 4) is 0 Å². The Morgan fingerprint density at radius 2 is 1.71 bits per heavy atom. The Balaban J connectivity index is 1.68. The first-order valence-electron chi connectivity index (χ1n) is 10.4. The Morgan fingerprint density at radius 3 is 2.35 bits per heavy atom. The van der Waals surface area contributed by atoms with E-state index < -0.39 is 21.4 Å². The molecule has 0 aromatic heterocycles. The molecule has 0 bridgehead atoms. The molecule has 4 rings (SSSR count). The first kappa shape index (κ1) is 22.6. The minimum atomic E-state index is -0.817. The maximum absolute atomic E-state index is 12.8. The highest BCUT2D eigenvalue weighted by molar-refractivity contribution is 8.00. The molecule has 0 saturated carbocycles. The van der Waals surface area contributed by atoms with E-state index in [1.54, 1.807) is 16.8 Å². The molecule has 3 atom stereocenters. The van der Waals surface area contributed by atoms with Gasteiger partial charge in [-0.1, -0.05) is 65.7 Å². The van der Waals surface area contributed by atoms with Crippen LogP contribution >= 0.6 is 23.5 Å². The van der Waals surface area contributed by atoms with Crippen LogP contribution in [0.5, 0.6) is 0 Å². The number of carbonyl (C=O) groups is 1. The maximum atomic E-state index is 12.8. The highest BCUT2D eigenvalue weighted by Gasteiger charge is 2.56. The summed E-state index contributed by atoms with van der Waals surface area (Å²) >= 11 is 3.49. The largest absolute Gasteiger partial charge is 0.369 e. The topological polar surface area (TPSA) is 85.0 Å². The Labute approximate surface area is 190 Å². The quantitative estimate of drug-likeness (QED) is 0.372. The summed E-state index contributed by atoms with van der Waals surface area (Å²) in [5.74, 6) is 1.39. The van der Waals surface area contributed by atoms with Gasteiger partial charge in [-0.05, 0) is 15.9 Å². The van der Waals surface area contributed by atoms with Crippen LogP contribution in [0.1, 0.15) is 17.0 Å². The number of quaternary nitrogens is 1. The molecule has 0 radical (unpaired) electrons. The van der Waals surface area contributed by atoms with Crippen LogP contribution in [0, 0.1) is 0 Å². The third-order valence-corrected chi connectivity index (χ3v) is 8.12. The Kier molecular flexibility index (Phi) is 7.22. The van der Waals surface area contributed by atoms with Gasteiger partial charge in [0.2, 0.25) is 5.91 Å². The summed E-state index contributed by atoms with van der Waals surface area (Å²) in [7, 11) is 0. The minimum absolute atomic E-state index is 0.118. The van der Waals surface area contributed by atoms with E-state index in [2.05, 4.69) is 0 Å². The fraction of sp³-hybridized carbons (Fsp3) is 0.409. The number of amides is 1. The molecule has 9 heteroatoms. The molecule has 166 valence electrons. The molecule has 3 N–H and O–H groups in total. The number of nitrogens with zero attached hydrogens (tertiary/aromatic N) is 2. The number of benzene rings is 2. The zero-order chi connectivity index (χ0) is 21.7. The number of hydrogen-bond donors (Lipinski definition) is 2. The fourth-order valence-electron chi connectivity index (χ4n) is 4.20. The summed E-state index contributed by atoms with van der Waals surface area (Å²) in [5.41, 5.74) is 7.71. The monoisotopic (exact) mass is 462 g/mol. The summed E-state index contributed by atoms with van der Waals surface area (Å²) in [6.45, 7) is 1.92. The zero-order valence-electron chi connectivity index (χ0n) is 17.3. The highest BCUT2D eigenvalue weighted by atomic mass is 32.2. The molecule has 3 unspecified atom stereocenters. The van der Waals surface area contributed by atoms with Gasteiger partial charge in [0.1, 0.15) is 4.75 Å². The van der Waals surface area contributed by atoms with Crippen LogP contribution in [0.15, 0.2) is 60.7 Å². The molecule has 0 spiro atoms. The van der Waals surface area contributed by atoms with E-state index in [4.69, 9.17) is 15.7 Å². The molecular formula is C22H28N3O4S2+. The van der Waals surface area contributed by atoms with Gasteiger partial charge in [0.25, 0.3) is 0 Å². The van der Waals surface area contributed by atoms with E-state index in [0.29, 0.717) is 12.3 Å². The third kappa shape index (κ3) is 5.09. The predicted molar refractivity (Wildman–Crippen MR) is 122 cm³/mol. The first-order valence-corrected chi connectivity index (χ1v) is 12.5. The van der Waals surface area contributed by atoms with Gasteiger partial charge >= 0.3 is 0 Å². The normalized spacial score (nSPS) is 28.2. The molecular weight excluding hydrogens is 434 g/mol. The zero-order valence-corrected chi connectivity index (χ0v) is 18.9. The van der Waals surface area contributed by atoms with Crippen molar-refractivity contribution in [3.63, 3.8) is 0 Å². The number of rotatable bonds is 7. The molecule has 7 nitrogen and oxygen atoms in total. The van der Waals surface area contributed by atoms with E-state index in [1.807, 2.05) is 72.4 Å². The average molecular weight is 463 g/mol. The van der Waals surface area contributed by atoms with E-state index in [-0.39, 0.29) is 6.54 Å². The Hall–Kier alpha value is -1.59. The van der Waals surface area contributed by atoms with Gasteiger partial charge in [-0.3, -0.25) is 4.79 Å². The van der Waals surface area contributed by atoms with Crippen molar-refractivity contribution in [1.29, 1.82) is 0 Å². The van der Waals surface area contributed by atoms with E-state index in [0.717, 1.165) is 35.7 Å². The molecule has 0 aliphatic carbocycles. The highest BCUT2D eigenvalue weighted by Crippen LogP contribution is 2.51. The molecule has 2 heterocycles. The van der Waals surface area contributed by atoms with Crippen molar-refractivity contribution in [3.05, 3.63) is 71.8 Å². The van der Waals surface area contributed by atoms with Crippen molar-refractivity contribution in [2.24, 2.45) is 5.73 Å². The van der Waals surface area contributed by atoms with Gasteiger partial charge in [-0.25, -0.2) is 0 Å². The molecule has 2 saturated heterocycles. The van der Waals surface area contributed by atoms with Gasteiger partial charge in [0, 0.05) is 29.6 Å². The van der Waals surface area contributed by atoms with Crippen LogP contribution < -0.4 is 5.73 Å². The summed E-state index contributed by atoms with van der Waals surface area (Å²) in [5, 5.41) is 13.1. The van der Waals surface area contributed by atoms with Gasteiger partial charge in [-0.2, -0.15) is 17.0 Å². The van der Waals surface area contributed by atoms with Gasteiger partial charge < -0.3 is 5.73 Å². The number of nitrogens with two attached hydrogens (primary N) is 1. The van der Waals surface area contributed by atoms with Crippen molar-refractivity contribution in [2.45, 2.75) is 10.7 Å². The molecule has 2 fully saturated rings. The minimum Gasteiger partial charge on any atom is -0.369 e. The first-order chi connectivity index (χ1) is 15.0. The molecule has 2 aromatic carbocycles. The van der Waals surface area contributed by atoms with E-state index in [9.17, 15) is 10.0 Å². The fourth-order valence-corrected chi connectivity index (χ4v) is 6.83. The maximum Gasteiger partial charge on any atom is 0.226 e. The molecule has 2 aromatic rings. The lowest BCUT2D eigenvalue weighted by Gasteiger charge is -2.45. The van der Waals surface area contributed by atoms with Gasteiger partial charge in [0.05, 0.1) is 11.7 Å². The number of thioether (sulfide) groups is 2. The van der Waals surface area contributed by atoms with Crippen LogP contribution in [-0.2, 0) is 19.5 Å². The molecule has 1 amide bonds. The van der Waals surface area contributed by atoms with Crippen LogP contribution in [0.4, 0.5) is 0 Å². The van der Waals surface area contributed by atoms with Crippen molar-refractivity contribution in [2.75, 3.05) is 43.4 Å². The van der Waals surface area contributed by atoms with Crippen molar-refractivity contribution >= 4 is 29.4 Å². The van der Waals surface area contributed by atoms with E-state index in [1.165, 1.54) is 0 Å². The van der Waals surface area contributed by atoms with Crippen LogP contribution in [0.25, 0.3) is 0 Å². The average Bonchev–Trinajstić information content (AvgIpc) is 2.80. The SMILES string of the molecule is NC(=O)C(c1ccccc1)C1(c2ccccc2)C[N+](O)(OON2CCSCC2)CCS1. The second kappa shape index (κ2) is 9.91. The second-order valence-corrected chi connectivity index (χ2v) is 10.4. The summed E-state index contributed by atoms with van der Waals surface area (Å²) in [6, 6.07) is 19.3. The lowest BCUT2D eigenvalue weighted by Crippen LogP contribution is -2.60. The molecule has 31 heavy (non-hydrogen) atoms. The Bertz CT molecular complexity index is 870.